The summed E-state index contributed by atoms with van der Waals surface area (Å²) in [4.78, 5) is 22.6. The van der Waals surface area contributed by atoms with E-state index in [2.05, 4.69) is 5.32 Å². The van der Waals surface area contributed by atoms with Crippen LogP contribution in [0, 0.1) is 0 Å². The normalized spacial score (nSPS) is 13.3. The zero-order valence-electron chi connectivity index (χ0n) is 12.9. The summed E-state index contributed by atoms with van der Waals surface area (Å²) < 4.78 is 42.3. The van der Waals surface area contributed by atoms with Crippen LogP contribution in [0.3, 0.4) is 0 Å². The Morgan fingerprint density at radius 3 is 2.09 bits per heavy atom. The number of carbonyl (C=O) groups excluding carboxylic acids is 2. The molecule has 0 unspecified atom stereocenters. The molecular weight excluding hydrogens is 315 g/mol. The van der Waals surface area contributed by atoms with Gasteiger partial charge in [-0.3, -0.25) is 0 Å². The quantitative estimate of drug-likeness (QED) is 0.913. The highest BCUT2D eigenvalue weighted by atomic mass is 19.4. The van der Waals surface area contributed by atoms with Crippen LogP contribution in [0.1, 0.15) is 31.9 Å². The molecule has 1 rings (SSSR count). The number of rotatable bonds is 4. The van der Waals surface area contributed by atoms with Crippen molar-refractivity contribution in [2.75, 3.05) is 0 Å². The van der Waals surface area contributed by atoms with Crippen LogP contribution in [-0.2, 0) is 22.1 Å². The number of nitrogens with one attached hydrogen (secondary N) is 1. The van der Waals surface area contributed by atoms with Crippen LogP contribution in [0.4, 0.5) is 18.0 Å². The van der Waals surface area contributed by atoms with Gasteiger partial charge in [0.25, 0.3) is 0 Å². The van der Waals surface area contributed by atoms with Crippen LogP contribution in [0.5, 0.6) is 0 Å². The second-order valence-electron chi connectivity index (χ2n) is 5.92. The molecule has 1 aromatic rings. The van der Waals surface area contributed by atoms with Gasteiger partial charge in [0.05, 0.1) is 17.6 Å². The van der Waals surface area contributed by atoms with Gasteiger partial charge in [-0.2, -0.15) is 13.2 Å². The Morgan fingerprint density at radius 2 is 1.70 bits per heavy atom. The number of hydrogen-bond donors (Lipinski definition) is 1. The lowest BCUT2D eigenvalue weighted by molar-refractivity contribution is -0.308. The highest BCUT2D eigenvalue weighted by molar-refractivity contribution is 5.79. The second kappa shape index (κ2) is 6.89. The van der Waals surface area contributed by atoms with Crippen LogP contribution < -0.4 is 10.4 Å². The van der Waals surface area contributed by atoms with Gasteiger partial charge in [0.15, 0.2) is 0 Å². The van der Waals surface area contributed by atoms with E-state index in [1.165, 1.54) is 0 Å². The molecule has 0 aliphatic carbocycles. The zero-order valence-corrected chi connectivity index (χ0v) is 12.9. The fourth-order valence-electron chi connectivity index (χ4n) is 1.71. The number of alkyl carbamates (subject to hydrolysis) is 1. The minimum Gasteiger partial charge on any atom is -0.548 e. The average molecular weight is 332 g/mol. The van der Waals surface area contributed by atoms with Crippen molar-refractivity contribution >= 4 is 12.1 Å². The highest BCUT2D eigenvalue weighted by Crippen LogP contribution is 2.29. The molecule has 0 aromatic heterocycles. The molecule has 0 bridgehead atoms. The third-order valence-electron chi connectivity index (χ3n) is 2.70. The van der Waals surface area contributed by atoms with Gasteiger partial charge in [0, 0.05) is 0 Å². The van der Waals surface area contributed by atoms with Crippen molar-refractivity contribution in [3.05, 3.63) is 35.4 Å². The van der Waals surface area contributed by atoms with Crippen LogP contribution >= 0.6 is 0 Å². The van der Waals surface area contributed by atoms with Gasteiger partial charge in [0.1, 0.15) is 5.60 Å². The highest BCUT2D eigenvalue weighted by Gasteiger charge is 2.30. The first-order chi connectivity index (χ1) is 10.4. The Hall–Kier alpha value is -2.25. The molecule has 0 radical (unpaired) electrons. The Labute approximate surface area is 131 Å². The van der Waals surface area contributed by atoms with Gasteiger partial charge in [0.2, 0.25) is 0 Å². The van der Waals surface area contributed by atoms with Gasteiger partial charge in [-0.15, -0.1) is 0 Å². The molecule has 0 aliphatic heterocycles. The summed E-state index contributed by atoms with van der Waals surface area (Å²) in [6, 6.07) is 2.57. The number of halogens is 3. The van der Waals surface area contributed by atoms with Crippen molar-refractivity contribution < 1.29 is 32.6 Å². The van der Waals surface area contributed by atoms with Crippen molar-refractivity contribution in [1.29, 1.82) is 0 Å². The van der Waals surface area contributed by atoms with Crippen molar-refractivity contribution in [3.8, 4) is 0 Å². The van der Waals surface area contributed by atoms with E-state index in [9.17, 15) is 27.9 Å². The Bertz CT molecular complexity index is 562. The van der Waals surface area contributed by atoms with E-state index in [0.717, 1.165) is 24.3 Å². The maximum Gasteiger partial charge on any atom is 0.416 e. The van der Waals surface area contributed by atoms with E-state index in [0.29, 0.717) is 5.56 Å². The monoisotopic (exact) mass is 332 g/mol. The van der Waals surface area contributed by atoms with E-state index in [1.54, 1.807) is 20.8 Å². The molecule has 128 valence electrons. The van der Waals surface area contributed by atoms with E-state index in [4.69, 9.17) is 4.74 Å². The summed E-state index contributed by atoms with van der Waals surface area (Å²) in [7, 11) is 0. The molecule has 0 spiro atoms. The van der Waals surface area contributed by atoms with Crippen molar-refractivity contribution in [2.24, 2.45) is 0 Å². The summed E-state index contributed by atoms with van der Waals surface area (Å²) in [6.07, 6.45) is -5.64. The minimum atomic E-state index is -4.47. The molecule has 0 fully saturated rings. The fraction of sp³-hybridized carbons (Fsp3) is 0.467. The lowest BCUT2D eigenvalue weighted by Crippen LogP contribution is -2.50. The number of benzene rings is 1. The maximum atomic E-state index is 12.5. The molecule has 1 aromatic carbocycles. The first-order valence-electron chi connectivity index (χ1n) is 6.75. The average Bonchev–Trinajstić information content (AvgIpc) is 2.35. The number of hydrogen-bond acceptors (Lipinski definition) is 4. The molecule has 1 amide bonds. The number of ether oxygens (including phenoxy) is 1. The molecule has 0 saturated carbocycles. The lowest BCUT2D eigenvalue weighted by atomic mass is 10.0. The molecule has 5 nitrogen and oxygen atoms in total. The van der Waals surface area contributed by atoms with Crippen molar-refractivity contribution in [2.45, 2.75) is 45.0 Å². The number of carboxylic acids is 1. The van der Waals surface area contributed by atoms with Crippen LogP contribution in [0.2, 0.25) is 0 Å². The first-order valence-corrected chi connectivity index (χ1v) is 6.75. The topological polar surface area (TPSA) is 78.5 Å². The van der Waals surface area contributed by atoms with Gasteiger partial charge < -0.3 is 20.0 Å². The van der Waals surface area contributed by atoms with Crippen molar-refractivity contribution in [3.63, 3.8) is 0 Å². The molecule has 1 atom stereocenters. The maximum absolute atomic E-state index is 12.5. The van der Waals surface area contributed by atoms with Crippen LogP contribution in [0.25, 0.3) is 0 Å². The van der Waals surface area contributed by atoms with E-state index >= 15 is 0 Å². The molecular formula is C15H17F3NO4-. The van der Waals surface area contributed by atoms with Gasteiger partial charge >= 0.3 is 12.3 Å². The van der Waals surface area contributed by atoms with E-state index in [-0.39, 0.29) is 6.42 Å². The molecule has 8 heteroatoms. The lowest BCUT2D eigenvalue weighted by Gasteiger charge is -2.24. The number of alkyl halides is 3. The summed E-state index contributed by atoms with van der Waals surface area (Å²) in [6.45, 7) is 4.82. The fourth-order valence-corrected chi connectivity index (χ4v) is 1.71. The largest absolute Gasteiger partial charge is 0.548 e. The van der Waals surface area contributed by atoms with Gasteiger partial charge in [-0.25, -0.2) is 4.79 Å². The SMILES string of the molecule is CC(C)(C)OC(=O)N[C@H](Cc1ccc(C(F)(F)F)cc1)C(=O)[O-]. The second-order valence-corrected chi connectivity index (χ2v) is 5.92. The standard InChI is InChI=1S/C15H18F3NO4/c1-14(2,3)23-13(22)19-11(12(20)21)8-9-4-6-10(7-5-9)15(16,17)18/h4-7,11H,8H2,1-3H3,(H,19,22)(H,20,21)/p-1/t11-/m1/s1. The zero-order chi connectivity index (χ0) is 17.8. The molecule has 0 heterocycles. The molecule has 0 saturated heterocycles. The van der Waals surface area contributed by atoms with Crippen LogP contribution in [0.15, 0.2) is 24.3 Å². The first kappa shape index (κ1) is 18.8. The number of amides is 1. The summed E-state index contributed by atoms with van der Waals surface area (Å²) in [5.41, 5.74) is -1.34. The predicted octanol–water partition coefficient (Wildman–Crippen LogP) is 1.89. The van der Waals surface area contributed by atoms with Crippen molar-refractivity contribution in [1.82, 2.24) is 5.32 Å². The Morgan fingerprint density at radius 1 is 1.17 bits per heavy atom. The number of carboxylic acid groups (broad SMARTS) is 1. The third kappa shape index (κ3) is 6.58. The van der Waals surface area contributed by atoms with Gasteiger partial charge in [-0.1, -0.05) is 12.1 Å². The van der Waals surface area contributed by atoms with Crippen LogP contribution in [-0.4, -0.2) is 23.7 Å². The summed E-state index contributed by atoms with van der Waals surface area (Å²) in [5.74, 6) is -1.56. The van der Waals surface area contributed by atoms with E-state index in [1.807, 2.05) is 0 Å². The Balaban J connectivity index is 2.77. The molecule has 23 heavy (non-hydrogen) atoms. The summed E-state index contributed by atoms with van der Waals surface area (Å²) in [5, 5.41) is 13.2. The minimum absolute atomic E-state index is 0.223. The predicted molar refractivity (Wildman–Crippen MR) is 73.3 cm³/mol. The Kier molecular flexibility index (Phi) is 5.63. The molecule has 0 aliphatic rings. The number of aliphatic carboxylic acids is 1. The smallest absolute Gasteiger partial charge is 0.416 e. The molecule has 1 N–H and O–H groups in total. The van der Waals surface area contributed by atoms with E-state index < -0.39 is 35.4 Å². The third-order valence-corrected chi connectivity index (χ3v) is 2.70. The van der Waals surface area contributed by atoms with Gasteiger partial charge in [-0.05, 0) is 44.9 Å². The summed E-state index contributed by atoms with van der Waals surface area (Å²) >= 11 is 0. The number of carbonyl (C=O) groups is 2.